The second kappa shape index (κ2) is 3.48. The van der Waals surface area contributed by atoms with Crippen LogP contribution in [0.15, 0.2) is 30.5 Å². The Bertz CT molecular complexity index is 554. The van der Waals surface area contributed by atoms with Crippen LogP contribution in [0, 0.1) is 0 Å². The highest BCUT2D eigenvalue weighted by atomic mass is 16.5. The Morgan fingerprint density at radius 1 is 1.38 bits per heavy atom. The lowest BCUT2D eigenvalue weighted by molar-refractivity contribution is -0.107. The zero-order valence-electron chi connectivity index (χ0n) is 8.59. The zero-order chi connectivity index (χ0) is 11.0. The maximum atomic E-state index is 10.9. The molecule has 1 aliphatic heterocycles. The standard InChI is InChI=1S/C12H10N2O2/c15-8-14-5-6-16-12-9-3-1-2-4-10(9)13-7-11(12)14/h1-4,7-8H,5-6H2. The van der Waals surface area contributed by atoms with Gasteiger partial charge in [-0.15, -0.1) is 0 Å². The van der Waals surface area contributed by atoms with Gasteiger partial charge in [0.15, 0.2) is 5.75 Å². The van der Waals surface area contributed by atoms with Crippen LogP contribution in [-0.2, 0) is 4.79 Å². The van der Waals surface area contributed by atoms with Crippen LogP contribution >= 0.6 is 0 Å². The first-order valence-electron chi connectivity index (χ1n) is 5.12. The molecule has 0 aliphatic carbocycles. The molecule has 4 nitrogen and oxygen atoms in total. The Labute approximate surface area is 92.5 Å². The van der Waals surface area contributed by atoms with Gasteiger partial charge in [-0.05, 0) is 12.1 Å². The molecule has 0 bridgehead atoms. The summed E-state index contributed by atoms with van der Waals surface area (Å²) in [6.07, 6.45) is 2.50. The summed E-state index contributed by atoms with van der Waals surface area (Å²) in [5.74, 6) is 0.754. The second-order valence-corrected chi connectivity index (χ2v) is 3.64. The molecule has 2 aromatic rings. The third-order valence-electron chi connectivity index (χ3n) is 2.72. The Morgan fingerprint density at radius 2 is 2.25 bits per heavy atom. The molecular weight excluding hydrogens is 204 g/mol. The molecule has 2 heterocycles. The Balaban J connectivity index is 2.29. The molecular formula is C12H10N2O2. The van der Waals surface area contributed by atoms with Crippen molar-refractivity contribution in [2.24, 2.45) is 0 Å². The lowest BCUT2D eigenvalue weighted by Gasteiger charge is -2.26. The van der Waals surface area contributed by atoms with Gasteiger partial charge in [0.1, 0.15) is 12.3 Å². The number of benzene rings is 1. The van der Waals surface area contributed by atoms with Crippen molar-refractivity contribution in [3.8, 4) is 5.75 Å². The molecule has 80 valence electrons. The van der Waals surface area contributed by atoms with Crippen molar-refractivity contribution in [1.29, 1.82) is 0 Å². The number of ether oxygens (including phenoxy) is 1. The number of anilines is 1. The van der Waals surface area contributed by atoms with Gasteiger partial charge in [-0.3, -0.25) is 9.78 Å². The highest BCUT2D eigenvalue weighted by Gasteiger charge is 2.20. The first-order chi connectivity index (χ1) is 7.90. The number of rotatable bonds is 1. The minimum atomic E-state index is 0.528. The molecule has 0 atom stereocenters. The number of aromatic nitrogens is 1. The number of hydrogen-bond donors (Lipinski definition) is 0. The number of pyridine rings is 1. The Hall–Kier alpha value is -2.10. The number of fused-ring (bicyclic) bond motifs is 3. The second-order valence-electron chi connectivity index (χ2n) is 3.64. The summed E-state index contributed by atoms with van der Waals surface area (Å²) in [6.45, 7) is 1.11. The predicted molar refractivity (Wildman–Crippen MR) is 60.6 cm³/mol. The SMILES string of the molecule is O=CN1CCOc2c1cnc1ccccc21. The van der Waals surface area contributed by atoms with E-state index in [1.807, 2.05) is 24.3 Å². The van der Waals surface area contributed by atoms with Gasteiger partial charge in [-0.1, -0.05) is 12.1 Å². The molecule has 4 heteroatoms. The minimum Gasteiger partial charge on any atom is -0.489 e. The maximum absolute atomic E-state index is 10.9. The van der Waals surface area contributed by atoms with Crippen LogP contribution in [0.4, 0.5) is 5.69 Å². The van der Waals surface area contributed by atoms with E-state index in [1.54, 1.807) is 11.1 Å². The molecule has 0 N–H and O–H groups in total. The molecule has 0 saturated carbocycles. The number of carbonyl (C=O) groups is 1. The van der Waals surface area contributed by atoms with E-state index in [4.69, 9.17) is 4.74 Å². The molecule has 1 aromatic carbocycles. The van der Waals surface area contributed by atoms with Crippen LogP contribution in [0.1, 0.15) is 0 Å². The van der Waals surface area contributed by atoms with Crippen molar-refractivity contribution < 1.29 is 9.53 Å². The van der Waals surface area contributed by atoms with Crippen LogP contribution in [0.2, 0.25) is 0 Å². The average molecular weight is 214 g/mol. The third-order valence-corrected chi connectivity index (χ3v) is 2.72. The van der Waals surface area contributed by atoms with E-state index < -0.39 is 0 Å². The number of para-hydroxylation sites is 1. The molecule has 1 amide bonds. The monoisotopic (exact) mass is 214 g/mol. The van der Waals surface area contributed by atoms with Crippen molar-refractivity contribution in [2.45, 2.75) is 0 Å². The van der Waals surface area contributed by atoms with Gasteiger partial charge in [0.2, 0.25) is 6.41 Å². The first-order valence-corrected chi connectivity index (χ1v) is 5.12. The molecule has 1 aliphatic rings. The average Bonchev–Trinajstić information content (AvgIpc) is 2.37. The van der Waals surface area contributed by atoms with E-state index in [2.05, 4.69) is 4.98 Å². The molecule has 0 spiro atoms. The Kier molecular flexibility index (Phi) is 1.99. The predicted octanol–water partition coefficient (Wildman–Crippen LogP) is 1.59. The molecule has 0 saturated heterocycles. The molecule has 3 rings (SSSR count). The fourth-order valence-electron chi connectivity index (χ4n) is 1.94. The van der Waals surface area contributed by atoms with Gasteiger partial charge in [0.25, 0.3) is 0 Å². The highest BCUT2D eigenvalue weighted by molar-refractivity contribution is 5.94. The van der Waals surface area contributed by atoms with Crippen molar-refractivity contribution in [2.75, 3.05) is 18.1 Å². The maximum Gasteiger partial charge on any atom is 0.214 e. The van der Waals surface area contributed by atoms with Gasteiger partial charge >= 0.3 is 0 Å². The summed E-state index contributed by atoms with van der Waals surface area (Å²) in [6, 6.07) is 7.75. The number of hydrogen-bond acceptors (Lipinski definition) is 3. The molecule has 1 aromatic heterocycles. The lowest BCUT2D eigenvalue weighted by atomic mass is 10.1. The summed E-state index contributed by atoms with van der Waals surface area (Å²) >= 11 is 0. The van der Waals surface area contributed by atoms with Crippen molar-refractivity contribution in [3.63, 3.8) is 0 Å². The van der Waals surface area contributed by atoms with Crippen molar-refractivity contribution >= 4 is 23.0 Å². The number of carbonyl (C=O) groups excluding carboxylic acids is 1. The van der Waals surface area contributed by atoms with Crippen LogP contribution in [-0.4, -0.2) is 24.5 Å². The number of amides is 1. The molecule has 16 heavy (non-hydrogen) atoms. The fourth-order valence-corrected chi connectivity index (χ4v) is 1.94. The van der Waals surface area contributed by atoms with Gasteiger partial charge in [0.05, 0.1) is 18.3 Å². The van der Waals surface area contributed by atoms with Gasteiger partial charge in [-0.2, -0.15) is 0 Å². The van der Waals surface area contributed by atoms with Crippen LogP contribution in [0.3, 0.4) is 0 Å². The summed E-state index contributed by atoms with van der Waals surface area (Å²) in [4.78, 5) is 16.8. The third kappa shape index (κ3) is 1.23. The topological polar surface area (TPSA) is 42.4 Å². The fraction of sp³-hybridized carbons (Fsp3) is 0.167. The number of nitrogens with zero attached hydrogens (tertiary/aromatic N) is 2. The van der Waals surface area contributed by atoms with Crippen molar-refractivity contribution in [1.82, 2.24) is 4.98 Å². The van der Waals surface area contributed by atoms with Gasteiger partial charge in [-0.25, -0.2) is 0 Å². The molecule has 0 fully saturated rings. The summed E-state index contributed by atoms with van der Waals surface area (Å²) in [5.41, 5.74) is 1.63. The summed E-state index contributed by atoms with van der Waals surface area (Å²) in [5, 5.41) is 0.951. The zero-order valence-corrected chi connectivity index (χ0v) is 8.59. The molecule has 0 unspecified atom stereocenters. The summed E-state index contributed by atoms with van der Waals surface area (Å²) in [7, 11) is 0. The summed E-state index contributed by atoms with van der Waals surface area (Å²) < 4.78 is 5.63. The Morgan fingerprint density at radius 3 is 3.12 bits per heavy atom. The van der Waals surface area contributed by atoms with Gasteiger partial charge in [0, 0.05) is 5.39 Å². The molecule has 0 radical (unpaired) electrons. The first kappa shape index (κ1) is 9.15. The van der Waals surface area contributed by atoms with Crippen LogP contribution in [0.5, 0.6) is 5.75 Å². The quantitative estimate of drug-likeness (QED) is 0.677. The highest BCUT2D eigenvalue weighted by Crippen LogP contribution is 2.36. The van der Waals surface area contributed by atoms with Crippen LogP contribution in [0.25, 0.3) is 10.9 Å². The van der Waals surface area contributed by atoms with E-state index in [0.717, 1.165) is 28.7 Å². The van der Waals surface area contributed by atoms with Crippen molar-refractivity contribution in [3.05, 3.63) is 30.5 Å². The minimum absolute atomic E-state index is 0.528. The van der Waals surface area contributed by atoms with E-state index in [-0.39, 0.29) is 0 Å². The van der Waals surface area contributed by atoms with E-state index in [9.17, 15) is 4.79 Å². The van der Waals surface area contributed by atoms with Gasteiger partial charge < -0.3 is 9.64 Å². The lowest BCUT2D eigenvalue weighted by Crippen LogP contribution is -2.31. The normalized spacial score (nSPS) is 14.4. The van der Waals surface area contributed by atoms with E-state index in [0.29, 0.717) is 13.2 Å². The van der Waals surface area contributed by atoms with Crippen LogP contribution < -0.4 is 9.64 Å². The van der Waals surface area contributed by atoms with E-state index in [1.165, 1.54) is 0 Å². The smallest absolute Gasteiger partial charge is 0.214 e. The largest absolute Gasteiger partial charge is 0.489 e. The van der Waals surface area contributed by atoms with E-state index >= 15 is 0 Å².